The van der Waals surface area contributed by atoms with E-state index in [1.807, 2.05) is 0 Å². The summed E-state index contributed by atoms with van der Waals surface area (Å²) in [6.07, 6.45) is -2.94. The number of carbonyl (C=O) groups is 1. The SMILES string of the molecule is C=CC(c1ccc(OC(F)(F)F)cc1)S(=O)(=O)Nc1nc(OC(=O)CCC)cs1. The fourth-order valence-corrected chi connectivity index (χ4v) is 4.39. The Morgan fingerprint density at radius 3 is 2.55 bits per heavy atom. The third-order valence-electron chi connectivity index (χ3n) is 3.38. The number of benzene rings is 1. The maximum atomic E-state index is 12.6. The molecule has 1 heterocycles. The van der Waals surface area contributed by atoms with Crippen LogP contribution in [-0.4, -0.2) is 25.7 Å². The van der Waals surface area contributed by atoms with Gasteiger partial charge in [0.1, 0.15) is 11.0 Å². The normalized spacial score (nSPS) is 12.8. The van der Waals surface area contributed by atoms with Gasteiger partial charge in [-0.1, -0.05) is 25.1 Å². The van der Waals surface area contributed by atoms with Gasteiger partial charge in [-0.2, -0.15) is 4.98 Å². The molecule has 12 heteroatoms. The molecule has 2 rings (SSSR count). The minimum atomic E-state index is -4.85. The number of sulfonamides is 1. The number of carbonyl (C=O) groups excluding carboxylic acids is 1. The van der Waals surface area contributed by atoms with Gasteiger partial charge in [0, 0.05) is 6.42 Å². The zero-order chi connectivity index (χ0) is 21.7. The first-order valence-corrected chi connectivity index (χ1v) is 10.6. The van der Waals surface area contributed by atoms with Gasteiger partial charge in [0.15, 0.2) is 5.13 Å². The number of anilines is 1. The lowest BCUT2D eigenvalue weighted by atomic mass is 10.1. The van der Waals surface area contributed by atoms with Gasteiger partial charge in [0.05, 0.1) is 5.38 Å². The minimum Gasteiger partial charge on any atom is -0.406 e. The monoisotopic (exact) mass is 450 g/mol. The van der Waals surface area contributed by atoms with Crippen LogP contribution >= 0.6 is 11.3 Å². The third kappa shape index (κ3) is 6.75. The molecule has 0 bridgehead atoms. The number of nitrogens with zero attached hydrogens (tertiary/aromatic N) is 1. The molecule has 0 aliphatic rings. The number of rotatable bonds is 9. The molecule has 29 heavy (non-hydrogen) atoms. The summed E-state index contributed by atoms with van der Waals surface area (Å²) in [6, 6.07) is 4.38. The fraction of sp³-hybridized carbons (Fsp3) is 0.294. The Kier molecular flexibility index (Phi) is 7.25. The van der Waals surface area contributed by atoms with Crippen LogP contribution in [-0.2, 0) is 14.8 Å². The lowest BCUT2D eigenvalue weighted by Gasteiger charge is -2.15. The van der Waals surface area contributed by atoms with Gasteiger partial charge in [-0.25, -0.2) is 8.42 Å². The predicted octanol–water partition coefficient (Wildman–Crippen LogP) is 4.42. The smallest absolute Gasteiger partial charge is 0.406 e. The molecule has 1 aromatic carbocycles. The summed E-state index contributed by atoms with van der Waals surface area (Å²) in [6.45, 7) is 5.28. The fourth-order valence-electron chi connectivity index (χ4n) is 2.21. The molecule has 0 fully saturated rings. The molecule has 7 nitrogen and oxygen atoms in total. The first-order chi connectivity index (χ1) is 13.5. The quantitative estimate of drug-likeness (QED) is 0.449. The van der Waals surface area contributed by atoms with E-state index in [0.717, 1.165) is 29.5 Å². The number of thiazole rings is 1. The molecule has 1 unspecified atom stereocenters. The number of hydrogen-bond acceptors (Lipinski definition) is 7. The number of esters is 1. The molecule has 0 aliphatic carbocycles. The lowest BCUT2D eigenvalue weighted by Crippen LogP contribution is -2.20. The van der Waals surface area contributed by atoms with Gasteiger partial charge in [-0.3, -0.25) is 9.52 Å². The number of ether oxygens (including phenoxy) is 2. The zero-order valence-corrected chi connectivity index (χ0v) is 16.7. The lowest BCUT2D eigenvalue weighted by molar-refractivity contribution is -0.274. The molecule has 0 amide bonds. The van der Waals surface area contributed by atoms with Crippen molar-refractivity contribution in [1.82, 2.24) is 4.98 Å². The Balaban J connectivity index is 2.13. The molecule has 1 aromatic heterocycles. The van der Waals surface area contributed by atoms with Crippen LogP contribution in [0.5, 0.6) is 11.6 Å². The van der Waals surface area contributed by atoms with Crippen molar-refractivity contribution in [1.29, 1.82) is 0 Å². The van der Waals surface area contributed by atoms with Crippen LogP contribution in [0.1, 0.15) is 30.6 Å². The summed E-state index contributed by atoms with van der Waals surface area (Å²) in [4.78, 5) is 15.4. The maximum Gasteiger partial charge on any atom is 0.573 e. The summed E-state index contributed by atoms with van der Waals surface area (Å²) < 4.78 is 73.0. The van der Waals surface area contributed by atoms with E-state index in [1.54, 1.807) is 6.92 Å². The highest BCUT2D eigenvalue weighted by molar-refractivity contribution is 7.93. The van der Waals surface area contributed by atoms with Gasteiger partial charge in [0.2, 0.25) is 15.9 Å². The summed E-state index contributed by atoms with van der Waals surface area (Å²) >= 11 is 0.910. The summed E-state index contributed by atoms with van der Waals surface area (Å²) in [5, 5.41) is 0.0723. The van der Waals surface area contributed by atoms with Crippen molar-refractivity contribution >= 4 is 32.5 Å². The van der Waals surface area contributed by atoms with Crippen molar-refractivity contribution < 1.29 is 35.9 Å². The van der Waals surface area contributed by atoms with Gasteiger partial charge >= 0.3 is 12.3 Å². The van der Waals surface area contributed by atoms with Crippen LogP contribution in [0.15, 0.2) is 42.3 Å². The van der Waals surface area contributed by atoms with Crippen LogP contribution in [0, 0.1) is 0 Å². The molecule has 0 radical (unpaired) electrons. The molecule has 158 valence electrons. The van der Waals surface area contributed by atoms with E-state index in [-0.39, 0.29) is 23.0 Å². The van der Waals surface area contributed by atoms with Crippen molar-refractivity contribution in [3.8, 4) is 11.6 Å². The Hall–Kier alpha value is -2.60. The maximum absolute atomic E-state index is 12.6. The van der Waals surface area contributed by atoms with Crippen LogP contribution in [0.3, 0.4) is 0 Å². The van der Waals surface area contributed by atoms with Crippen molar-refractivity contribution in [3.05, 3.63) is 47.9 Å². The molecule has 0 spiro atoms. The van der Waals surface area contributed by atoms with E-state index in [4.69, 9.17) is 4.74 Å². The molecular weight excluding hydrogens is 433 g/mol. The standard InChI is InChI=1S/C17H17F3N2O5S2/c1-3-5-15(23)26-14-10-28-16(21-14)22-29(24,25)13(4-2)11-6-8-12(9-7-11)27-17(18,19)20/h4,6-10,13H,2-3,5H2,1H3,(H,21,22). The van der Waals surface area contributed by atoms with E-state index in [0.29, 0.717) is 6.42 Å². The predicted molar refractivity (Wildman–Crippen MR) is 101 cm³/mol. The van der Waals surface area contributed by atoms with Gasteiger partial charge < -0.3 is 9.47 Å². The van der Waals surface area contributed by atoms with Gasteiger partial charge in [-0.05, 0) is 24.1 Å². The first kappa shape index (κ1) is 22.7. The molecule has 2 aromatic rings. The molecule has 1 atom stereocenters. The Morgan fingerprint density at radius 1 is 1.34 bits per heavy atom. The van der Waals surface area contributed by atoms with E-state index >= 15 is 0 Å². The molecule has 0 aliphatic heterocycles. The van der Waals surface area contributed by atoms with Crippen LogP contribution in [0.2, 0.25) is 0 Å². The summed E-state index contributed by atoms with van der Waals surface area (Å²) in [5.41, 5.74) is 0.174. The Bertz CT molecular complexity index is 956. The highest BCUT2D eigenvalue weighted by atomic mass is 32.2. The summed E-state index contributed by atoms with van der Waals surface area (Å²) in [7, 11) is -4.08. The highest BCUT2D eigenvalue weighted by Gasteiger charge is 2.31. The van der Waals surface area contributed by atoms with E-state index in [2.05, 4.69) is 21.0 Å². The summed E-state index contributed by atoms with van der Waals surface area (Å²) in [5.74, 6) is -1.000. The van der Waals surface area contributed by atoms with Crippen molar-refractivity contribution in [2.24, 2.45) is 0 Å². The minimum absolute atomic E-state index is 0.0324. The van der Waals surface area contributed by atoms with Crippen molar-refractivity contribution in [3.63, 3.8) is 0 Å². The Labute approximate surface area is 169 Å². The number of halogens is 3. The Morgan fingerprint density at radius 2 is 2.00 bits per heavy atom. The number of aromatic nitrogens is 1. The molecular formula is C17H17F3N2O5S2. The molecule has 1 N–H and O–H groups in total. The average Bonchev–Trinajstić information content (AvgIpc) is 3.01. The molecule has 0 saturated heterocycles. The highest BCUT2D eigenvalue weighted by Crippen LogP contribution is 2.30. The number of hydrogen-bond donors (Lipinski definition) is 1. The van der Waals surface area contributed by atoms with Crippen molar-refractivity contribution in [2.75, 3.05) is 4.72 Å². The largest absolute Gasteiger partial charge is 0.573 e. The zero-order valence-electron chi connectivity index (χ0n) is 15.1. The number of alkyl halides is 3. The number of nitrogens with one attached hydrogen (secondary N) is 1. The topological polar surface area (TPSA) is 94.6 Å². The van der Waals surface area contributed by atoms with E-state index in [1.165, 1.54) is 17.5 Å². The van der Waals surface area contributed by atoms with Crippen LogP contribution < -0.4 is 14.2 Å². The van der Waals surface area contributed by atoms with Gasteiger partial charge in [0.25, 0.3) is 0 Å². The second-order valence-electron chi connectivity index (χ2n) is 5.64. The average molecular weight is 450 g/mol. The van der Waals surface area contributed by atoms with Crippen molar-refractivity contribution in [2.45, 2.75) is 31.4 Å². The van der Waals surface area contributed by atoms with E-state index < -0.39 is 33.4 Å². The van der Waals surface area contributed by atoms with Crippen LogP contribution in [0.25, 0.3) is 0 Å². The van der Waals surface area contributed by atoms with Crippen LogP contribution in [0.4, 0.5) is 18.3 Å². The second kappa shape index (κ2) is 9.27. The third-order valence-corrected chi connectivity index (χ3v) is 5.85. The van der Waals surface area contributed by atoms with E-state index in [9.17, 15) is 26.4 Å². The van der Waals surface area contributed by atoms with Gasteiger partial charge in [-0.15, -0.1) is 31.1 Å². The molecule has 0 saturated carbocycles. The second-order valence-corrected chi connectivity index (χ2v) is 8.30. The first-order valence-electron chi connectivity index (χ1n) is 8.20.